The maximum Gasteiger partial charge on any atom is 0.307 e. The number of amides is 1. The third kappa shape index (κ3) is 3.43. The molecule has 0 aromatic carbocycles. The zero-order valence-corrected chi connectivity index (χ0v) is 9.61. The molecule has 0 radical (unpaired) electrons. The summed E-state index contributed by atoms with van der Waals surface area (Å²) in [6.45, 7) is 1.61. The highest BCUT2D eigenvalue weighted by Gasteiger charge is 2.15. The Balaban J connectivity index is 3.15. The van der Waals surface area contributed by atoms with Crippen LogP contribution >= 0.6 is 11.6 Å². The van der Waals surface area contributed by atoms with E-state index >= 15 is 0 Å². The van der Waals surface area contributed by atoms with Crippen LogP contribution in [0.15, 0.2) is 6.07 Å². The maximum atomic E-state index is 10.6. The van der Waals surface area contributed by atoms with Gasteiger partial charge in [0.2, 0.25) is 11.1 Å². The number of carbonyl (C=O) groups is 1. The van der Waals surface area contributed by atoms with Gasteiger partial charge in [-0.2, -0.15) is 0 Å². The Kier molecular flexibility index (Phi) is 4.01. The molecule has 0 atom stereocenters. The fourth-order valence-electron chi connectivity index (χ4n) is 1.05. The van der Waals surface area contributed by atoms with Crippen molar-refractivity contribution in [1.82, 2.24) is 4.98 Å². The van der Waals surface area contributed by atoms with Crippen LogP contribution in [0.3, 0.4) is 0 Å². The number of nitro groups is 1. The first-order chi connectivity index (χ1) is 7.91. The minimum atomic E-state index is -0.645. The van der Waals surface area contributed by atoms with Gasteiger partial charge in [-0.1, -0.05) is 23.4 Å². The first kappa shape index (κ1) is 12.9. The molecule has 0 bridgehead atoms. The molecule has 88 valence electrons. The molecule has 0 saturated carbocycles. The van der Waals surface area contributed by atoms with E-state index in [0.29, 0.717) is 11.3 Å². The summed E-state index contributed by atoms with van der Waals surface area (Å²) in [5, 5.41) is 10.4. The number of halogens is 1. The summed E-state index contributed by atoms with van der Waals surface area (Å²) in [5.41, 5.74) is 5.40. The first-order valence-corrected chi connectivity index (χ1v) is 4.88. The van der Waals surface area contributed by atoms with Crippen LogP contribution in [0.4, 0.5) is 5.69 Å². The van der Waals surface area contributed by atoms with E-state index in [1.165, 1.54) is 6.07 Å². The Morgan fingerprint density at radius 3 is 2.88 bits per heavy atom. The van der Waals surface area contributed by atoms with Gasteiger partial charge in [-0.05, 0) is 6.92 Å². The number of aromatic nitrogens is 1. The average Bonchev–Trinajstić information content (AvgIpc) is 2.20. The highest BCUT2D eigenvalue weighted by atomic mass is 35.5. The monoisotopic (exact) mass is 253 g/mol. The van der Waals surface area contributed by atoms with Crippen molar-refractivity contribution in [3.63, 3.8) is 0 Å². The molecule has 0 fully saturated rings. The number of primary amides is 1. The number of hydrogen-bond acceptors (Lipinski definition) is 4. The number of hydrogen-bond donors (Lipinski definition) is 1. The Bertz CT molecular complexity index is 546. The van der Waals surface area contributed by atoms with E-state index in [1.807, 2.05) is 0 Å². The average molecular weight is 254 g/mol. The highest BCUT2D eigenvalue weighted by Crippen LogP contribution is 2.24. The van der Waals surface area contributed by atoms with Gasteiger partial charge in [0.25, 0.3) is 0 Å². The van der Waals surface area contributed by atoms with Gasteiger partial charge in [-0.3, -0.25) is 14.9 Å². The lowest BCUT2D eigenvalue weighted by molar-refractivity contribution is -0.385. The number of nitrogens with two attached hydrogens (primary N) is 1. The molecule has 0 aliphatic heterocycles. The van der Waals surface area contributed by atoms with E-state index in [1.54, 1.807) is 6.92 Å². The molecule has 0 unspecified atom stereocenters. The third-order valence-corrected chi connectivity index (χ3v) is 2.11. The smallest absolute Gasteiger partial charge is 0.307 e. The molecule has 0 aliphatic carbocycles. The molecule has 2 N–H and O–H groups in total. The van der Waals surface area contributed by atoms with Crippen LogP contribution in [0.2, 0.25) is 5.15 Å². The number of aryl methyl sites for hydroxylation is 1. The van der Waals surface area contributed by atoms with Crippen molar-refractivity contribution >= 4 is 23.2 Å². The minimum absolute atomic E-state index is 0.115. The van der Waals surface area contributed by atoms with Gasteiger partial charge < -0.3 is 5.73 Å². The predicted molar refractivity (Wildman–Crippen MR) is 61.3 cm³/mol. The summed E-state index contributed by atoms with van der Waals surface area (Å²) in [4.78, 5) is 24.3. The van der Waals surface area contributed by atoms with Crippen molar-refractivity contribution in [3.05, 3.63) is 32.6 Å². The predicted octanol–water partition coefficient (Wildman–Crippen LogP) is 1.18. The first-order valence-electron chi connectivity index (χ1n) is 4.50. The van der Waals surface area contributed by atoms with Crippen molar-refractivity contribution in [3.8, 4) is 11.8 Å². The van der Waals surface area contributed by atoms with E-state index in [2.05, 4.69) is 16.8 Å². The second kappa shape index (κ2) is 5.27. The third-order valence-electron chi connectivity index (χ3n) is 1.83. The van der Waals surface area contributed by atoms with Crippen molar-refractivity contribution in [2.24, 2.45) is 5.73 Å². The topological polar surface area (TPSA) is 99.1 Å². The van der Waals surface area contributed by atoms with Gasteiger partial charge >= 0.3 is 5.69 Å². The summed E-state index contributed by atoms with van der Waals surface area (Å²) in [5.74, 6) is 4.52. The minimum Gasteiger partial charge on any atom is -0.369 e. The van der Waals surface area contributed by atoms with Crippen LogP contribution in [0, 0.1) is 28.9 Å². The van der Waals surface area contributed by atoms with Gasteiger partial charge in [-0.15, -0.1) is 0 Å². The molecule has 0 saturated heterocycles. The molecule has 7 heteroatoms. The summed E-state index contributed by atoms with van der Waals surface area (Å²) >= 11 is 5.61. The van der Waals surface area contributed by atoms with E-state index in [0.717, 1.165) is 0 Å². The van der Waals surface area contributed by atoms with Gasteiger partial charge in [0.15, 0.2) is 0 Å². The number of carbonyl (C=O) groups excluding carboxylic acids is 1. The summed E-state index contributed by atoms with van der Waals surface area (Å²) in [6, 6.07) is 1.22. The molecule has 1 rings (SSSR count). The molecule has 17 heavy (non-hydrogen) atoms. The SMILES string of the molecule is Cc1nc(Cl)c([N+](=O)[O-])cc1C#CCC(N)=O. The van der Waals surface area contributed by atoms with Crippen LogP contribution in [0.1, 0.15) is 17.7 Å². The Morgan fingerprint density at radius 2 is 2.35 bits per heavy atom. The van der Waals surface area contributed by atoms with Gasteiger partial charge in [0.1, 0.15) is 0 Å². The lowest BCUT2D eigenvalue weighted by Crippen LogP contribution is -2.08. The Morgan fingerprint density at radius 1 is 1.71 bits per heavy atom. The van der Waals surface area contributed by atoms with Crippen LogP contribution < -0.4 is 5.73 Å². The Hall–Kier alpha value is -2.13. The Labute approximate surface area is 102 Å². The summed E-state index contributed by atoms with van der Waals surface area (Å²) < 4.78 is 0. The van der Waals surface area contributed by atoms with Gasteiger partial charge in [0.05, 0.1) is 22.6 Å². The molecule has 1 aromatic rings. The van der Waals surface area contributed by atoms with Crippen molar-refractivity contribution in [2.45, 2.75) is 13.3 Å². The lowest BCUT2D eigenvalue weighted by atomic mass is 10.2. The largest absolute Gasteiger partial charge is 0.369 e. The summed E-state index contributed by atoms with van der Waals surface area (Å²) in [6.07, 6.45) is -0.115. The molecule has 0 spiro atoms. The van der Waals surface area contributed by atoms with Gasteiger partial charge in [0, 0.05) is 6.07 Å². The van der Waals surface area contributed by atoms with Crippen LogP contribution in [-0.4, -0.2) is 15.8 Å². The zero-order chi connectivity index (χ0) is 13.0. The molecule has 6 nitrogen and oxygen atoms in total. The van der Waals surface area contributed by atoms with Crippen molar-refractivity contribution in [1.29, 1.82) is 0 Å². The second-order valence-electron chi connectivity index (χ2n) is 3.13. The van der Waals surface area contributed by atoms with E-state index in [-0.39, 0.29) is 17.3 Å². The molecule has 1 aromatic heterocycles. The van der Waals surface area contributed by atoms with Crippen molar-refractivity contribution in [2.75, 3.05) is 0 Å². The fourth-order valence-corrected chi connectivity index (χ4v) is 1.30. The highest BCUT2D eigenvalue weighted by molar-refractivity contribution is 6.31. The lowest BCUT2D eigenvalue weighted by Gasteiger charge is -1.99. The second-order valence-corrected chi connectivity index (χ2v) is 3.49. The van der Waals surface area contributed by atoms with Gasteiger partial charge in [-0.25, -0.2) is 4.98 Å². The molecular formula is C10H8ClN3O3. The number of rotatable bonds is 2. The standard InChI is InChI=1S/C10H8ClN3O3/c1-6-7(3-2-4-9(12)15)5-8(14(16)17)10(11)13-6/h5H,4H2,1H3,(H2,12,15). The summed E-state index contributed by atoms with van der Waals surface area (Å²) in [7, 11) is 0. The van der Waals surface area contributed by atoms with Crippen molar-refractivity contribution < 1.29 is 9.72 Å². The molecule has 1 amide bonds. The van der Waals surface area contributed by atoms with Crippen LogP contribution in [0.5, 0.6) is 0 Å². The number of nitrogens with zero attached hydrogens (tertiary/aromatic N) is 2. The van der Waals surface area contributed by atoms with E-state index in [4.69, 9.17) is 17.3 Å². The number of pyridine rings is 1. The molecular weight excluding hydrogens is 246 g/mol. The quantitative estimate of drug-likeness (QED) is 0.370. The zero-order valence-electron chi connectivity index (χ0n) is 8.86. The fraction of sp³-hybridized carbons (Fsp3) is 0.200. The van der Waals surface area contributed by atoms with Crippen LogP contribution in [-0.2, 0) is 4.79 Å². The maximum absolute atomic E-state index is 10.6. The van der Waals surface area contributed by atoms with Crippen LogP contribution in [0.25, 0.3) is 0 Å². The van der Waals surface area contributed by atoms with E-state index < -0.39 is 10.8 Å². The molecule has 0 aliphatic rings. The normalized spacial score (nSPS) is 9.29. The van der Waals surface area contributed by atoms with E-state index in [9.17, 15) is 14.9 Å². The molecule has 1 heterocycles.